The van der Waals surface area contributed by atoms with Gasteiger partial charge in [0.05, 0.1) is 12.1 Å². The zero-order valence-corrected chi connectivity index (χ0v) is 7.97. The summed E-state index contributed by atoms with van der Waals surface area (Å²) in [6.45, 7) is 0.145. The van der Waals surface area contributed by atoms with Crippen molar-refractivity contribution in [2.45, 2.75) is 24.8 Å². The summed E-state index contributed by atoms with van der Waals surface area (Å²) < 4.78 is 3.86. The fourth-order valence-electron chi connectivity index (χ4n) is 1.44. The van der Waals surface area contributed by atoms with Gasteiger partial charge in [-0.3, -0.25) is 0 Å². The molecule has 0 spiro atoms. The number of nitrogens with one attached hydrogen (secondary N) is 1. The Bertz CT molecular complexity index is 291. The Morgan fingerprint density at radius 2 is 2.38 bits per heavy atom. The molecule has 1 aromatic heterocycles. The van der Waals surface area contributed by atoms with E-state index in [9.17, 15) is 0 Å². The third-order valence-electron chi connectivity index (χ3n) is 2.43. The minimum atomic E-state index is -0.161. The Morgan fingerprint density at radius 1 is 1.62 bits per heavy atom. The molecule has 0 unspecified atom stereocenters. The molecule has 0 bridgehead atoms. The molecule has 0 amide bonds. The molecule has 0 saturated heterocycles. The number of nitrogens with zero attached hydrogens (tertiary/aromatic N) is 2. The third-order valence-corrected chi connectivity index (χ3v) is 3.07. The summed E-state index contributed by atoms with van der Waals surface area (Å²) in [6, 6.07) is 0. The topological polar surface area (TPSA) is 84.1 Å². The normalized spacial score (nSPS) is 19.5. The Hall–Kier alpha value is -0.880. The van der Waals surface area contributed by atoms with Crippen LogP contribution in [0.2, 0.25) is 0 Å². The van der Waals surface area contributed by atoms with Gasteiger partial charge in [-0.15, -0.1) is 0 Å². The van der Waals surface area contributed by atoms with Crippen molar-refractivity contribution in [3.05, 3.63) is 0 Å². The fraction of sp³-hybridized carbons (Fsp3) is 0.714. The highest BCUT2D eigenvalue weighted by molar-refractivity contribution is 7.09. The second-order valence-corrected chi connectivity index (χ2v) is 4.13. The van der Waals surface area contributed by atoms with Crippen LogP contribution in [0.4, 0.5) is 11.1 Å². The van der Waals surface area contributed by atoms with Crippen molar-refractivity contribution in [2.75, 3.05) is 17.7 Å². The molecule has 1 aliphatic carbocycles. The number of aliphatic hydroxyl groups is 1. The quantitative estimate of drug-likeness (QED) is 0.659. The summed E-state index contributed by atoms with van der Waals surface area (Å²) in [5.41, 5.74) is 5.22. The van der Waals surface area contributed by atoms with Gasteiger partial charge in [0, 0.05) is 11.5 Å². The number of nitrogens with two attached hydrogens (primary N) is 1. The Balaban J connectivity index is 2.04. The molecule has 1 heterocycles. The highest BCUT2D eigenvalue weighted by atomic mass is 32.1. The highest BCUT2D eigenvalue weighted by Crippen LogP contribution is 2.35. The molecule has 2 rings (SSSR count). The molecule has 13 heavy (non-hydrogen) atoms. The maximum Gasteiger partial charge on any atom is 0.233 e. The van der Waals surface area contributed by atoms with E-state index < -0.39 is 0 Å². The monoisotopic (exact) mass is 200 g/mol. The zero-order chi connectivity index (χ0) is 9.31. The van der Waals surface area contributed by atoms with Gasteiger partial charge in [0.2, 0.25) is 11.1 Å². The van der Waals surface area contributed by atoms with Crippen molar-refractivity contribution in [3.8, 4) is 0 Å². The van der Waals surface area contributed by atoms with Gasteiger partial charge >= 0.3 is 0 Å². The maximum absolute atomic E-state index is 9.17. The number of nitrogen functional groups attached to an aromatic ring is 1. The SMILES string of the molecule is Nc1nsc(NC2(CO)CCC2)n1. The van der Waals surface area contributed by atoms with E-state index in [1.807, 2.05) is 0 Å². The molecule has 1 aromatic rings. The van der Waals surface area contributed by atoms with Crippen LogP contribution in [0.25, 0.3) is 0 Å². The van der Waals surface area contributed by atoms with E-state index >= 15 is 0 Å². The van der Waals surface area contributed by atoms with Gasteiger partial charge in [-0.05, 0) is 19.3 Å². The summed E-state index contributed by atoms with van der Waals surface area (Å²) in [5, 5.41) is 13.0. The second kappa shape index (κ2) is 3.12. The molecule has 5 nitrogen and oxygen atoms in total. The van der Waals surface area contributed by atoms with Crippen molar-refractivity contribution in [2.24, 2.45) is 0 Å². The van der Waals surface area contributed by atoms with Crippen LogP contribution in [0.15, 0.2) is 0 Å². The molecule has 0 aromatic carbocycles. The first kappa shape index (κ1) is 8.71. The fourth-order valence-corrected chi connectivity index (χ4v) is 2.06. The van der Waals surface area contributed by atoms with Crippen LogP contribution in [0.3, 0.4) is 0 Å². The zero-order valence-electron chi connectivity index (χ0n) is 7.16. The average molecular weight is 200 g/mol. The summed E-state index contributed by atoms with van der Waals surface area (Å²) in [6.07, 6.45) is 3.13. The number of aromatic nitrogens is 2. The summed E-state index contributed by atoms with van der Waals surface area (Å²) in [4.78, 5) is 3.99. The summed E-state index contributed by atoms with van der Waals surface area (Å²) in [7, 11) is 0. The summed E-state index contributed by atoms with van der Waals surface area (Å²) in [5.74, 6) is 0.292. The van der Waals surface area contributed by atoms with Crippen molar-refractivity contribution in [3.63, 3.8) is 0 Å². The smallest absolute Gasteiger partial charge is 0.233 e. The molecule has 1 fully saturated rings. The third kappa shape index (κ3) is 1.59. The van der Waals surface area contributed by atoms with Gasteiger partial charge < -0.3 is 16.2 Å². The number of anilines is 2. The number of hydrogen-bond acceptors (Lipinski definition) is 6. The maximum atomic E-state index is 9.17. The van der Waals surface area contributed by atoms with E-state index in [-0.39, 0.29) is 12.1 Å². The number of hydrogen-bond donors (Lipinski definition) is 3. The molecule has 1 aliphatic rings. The van der Waals surface area contributed by atoms with Gasteiger partial charge in [0.25, 0.3) is 0 Å². The first-order valence-electron chi connectivity index (χ1n) is 4.22. The lowest BCUT2D eigenvalue weighted by atomic mass is 9.77. The Kier molecular flexibility index (Phi) is 2.09. The van der Waals surface area contributed by atoms with Crippen LogP contribution in [0.1, 0.15) is 19.3 Å². The Labute approximate surface area is 80.2 Å². The molecule has 6 heteroatoms. The summed E-state index contributed by atoms with van der Waals surface area (Å²) >= 11 is 1.23. The molecule has 72 valence electrons. The van der Waals surface area contributed by atoms with Crippen molar-refractivity contribution >= 4 is 22.6 Å². The standard InChI is InChI=1S/C7H12N4OS/c8-5-9-6(13-11-5)10-7(4-12)2-1-3-7/h12H,1-4H2,(H3,8,9,10,11). The number of rotatable bonds is 3. The number of aliphatic hydroxyl groups excluding tert-OH is 1. The van der Waals surface area contributed by atoms with E-state index in [4.69, 9.17) is 10.8 Å². The van der Waals surface area contributed by atoms with Crippen LogP contribution in [0.5, 0.6) is 0 Å². The average Bonchev–Trinajstić information content (AvgIpc) is 2.44. The van der Waals surface area contributed by atoms with Gasteiger partial charge in [0.15, 0.2) is 0 Å². The molecular formula is C7H12N4OS. The molecule has 0 aliphatic heterocycles. The molecule has 0 radical (unpaired) electrons. The second-order valence-electron chi connectivity index (χ2n) is 3.37. The molecular weight excluding hydrogens is 188 g/mol. The van der Waals surface area contributed by atoms with E-state index in [2.05, 4.69) is 14.7 Å². The van der Waals surface area contributed by atoms with Crippen LogP contribution >= 0.6 is 11.5 Å². The predicted molar refractivity (Wildman–Crippen MR) is 51.6 cm³/mol. The van der Waals surface area contributed by atoms with Gasteiger partial charge in [-0.25, -0.2) is 0 Å². The molecule has 1 saturated carbocycles. The lowest BCUT2D eigenvalue weighted by molar-refractivity contribution is 0.144. The van der Waals surface area contributed by atoms with Crippen LogP contribution in [-0.4, -0.2) is 26.6 Å². The van der Waals surface area contributed by atoms with E-state index in [0.717, 1.165) is 19.3 Å². The van der Waals surface area contributed by atoms with Gasteiger partial charge in [-0.2, -0.15) is 9.36 Å². The van der Waals surface area contributed by atoms with Gasteiger partial charge in [0.1, 0.15) is 0 Å². The lowest BCUT2D eigenvalue weighted by Gasteiger charge is -2.40. The highest BCUT2D eigenvalue weighted by Gasteiger charge is 2.36. The largest absolute Gasteiger partial charge is 0.394 e. The van der Waals surface area contributed by atoms with Crippen LogP contribution in [-0.2, 0) is 0 Å². The molecule has 4 N–H and O–H groups in total. The molecule has 0 atom stereocenters. The first-order valence-corrected chi connectivity index (χ1v) is 5.00. The van der Waals surface area contributed by atoms with Crippen LogP contribution in [0, 0.1) is 0 Å². The van der Waals surface area contributed by atoms with Crippen molar-refractivity contribution in [1.82, 2.24) is 9.36 Å². The van der Waals surface area contributed by atoms with Crippen molar-refractivity contribution in [1.29, 1.82) is 0 Å². The predicted octanol–water partition coefficient (Wildman–Crippen LogP) is 0.447. The van der Waals surface area contributed by atoms with E-state index in [1.165, 1.54) is 11.5 Å². The van der Waals surface area contributed by atoms with Crippen molar-refractivity contribution < 1.29 is 5.11 Å². The van der Waals surface area contributed by atoms with Crippen LogP contribution < -0.4 is 11.1 Å². The lowest BCUT2D eigenvalue weighted by Crippen LogP contribution is -2.48. The van der Waals surface area contributed by atoms with Gasteiger partial charge in [-0.1, -0.05) is 0 Å². The van der Waals surface area contributed by atoms with E-state index in [1.54, 1.807) is 0 Å². The minimum Gasteiger partial charge on any atom is -0.394 e. The minimum absolute atomic E-state index is 0.145. The first-order chi connectivity index (χ1) is 6.24. The van der Waals surface area contributed by atoms with E-state index in [0.29, 0.717) is 11.1 Å². The Morgan fingerprint density at radius 3 is 2.77 bits per heavy atom.